The van der Waals surface area contributed by atoms with Crippen molar-refractivity contribution in [1.82, 2.24) is 4.98 Å². The van der Waals surface area contributed by atoms with Crippen LogP contribution in [0.25, 0.3) is 10.9 Å². The van der Waals surface area contributed by atoms with Gasteiger partial charge in [0.25, 0.3) is 0 Å². The molecule has 0 aliphatic heterocycles. The van der Waals surface area contributed by atoms with E-state index in [9.17, 15) is 0 Å². The Bertz CT molecular complexity index is 571. The number of thioether (sulfide) groups is 1. The lowest BCUT2D eigenvalue weighted by molar-refractivity contribution is 0.218. The van der Waals surface area contributed by atoms with Gasteiger partial charge in [0.15, 0.2) is 0 Å². The predicted molar refractivity (Wildman–Crippen MR) is 75.4 cm³/mol. The highest BCUT2D eigenvalue weighted by atomic mass is 32.2. The fourth-order valence-electron chi connectivity index (χ4n) is 1.62. The van der Waals surface area contributed by atoms with Crippen molar-refractivity contribution in [2.45, 2.75) is 5.03 Å². The Balaban J connectivity index is 2.41. The van der Waals surface area contributed by atoms with E-state index < -0.39 is 0 Å². The first-order valence-electron chi connectivity index (χ1n) is 5.58. The molecule has 3 N–H and O–H groups in total. The number of amidine groups is 1. The minimum absolute atomic E-state index is 0.0492. The first-order valence-corrected chi connectivity index (χ1v) is 6.57. The zero-order chi connectivity index (χ0) is 13.0. The average Bonchev–Trinajstić information content (AvgIpc) is 2.38. The number of pyridine rings is 1. The van der Waals surface area contributed by atoms with E-state index >= 15 is 0 Å². The fourth-order valence-corrected chi connectivity index (χ4v) is 2.55. The van der Waals surface area contributed by atoms with Gasteiger partial charge >= 0.3 is 0 Å². The number of rotatable bonds is 5. The molecular formula is C13H15N3OS. The van der Waals surface area contributed by atoms with Gasteiger partial charge in [-0.25, -0.2) is 4.98 Å². The molecule has 94 valence electrons. The lowest BCUT2D eigenvalue weighted by Crippen LogP contribution is -2.13. The Morgan fingerprint density at radius 3 is 2.94 bits per heavy atom. The number of ether oxygens (including phenoxy) is 1. The van der Waals surface area contributed by atoms with E-state index in [-0.39, 0.29) is 5.84 Å². The second-order valence-corrected chi connectivity index (χ2v) is 4.87. The molecule has 0 aliphatic carbocycles. The standard InChI is InChI=1S/C13H15N3OS/c1-17-6-7-18-13-10(12(14)15)8-9-4-2-3-5-11(9)16-13/h2-5,8H,6-7H2,1H3,(H3,14,15). The normalized spacial score (nSPS) is 10.7. The molecule has 0 saturated carbocycles. The summed E-state index contributed by atoms with van der Waals surface area (Å²) < 4.78 is 5.02. The Labute approximate surface area is 110 Å². The quantitative estimate of drug-likeness (QED) is 0.375. The number of benzene rings is 1. The lowest BCUT2D eigenvalue weighted by atomic mass is 10.1. The number of methoxy groups -OCH3 is 1. The molecule has 1 heterocycles. The number of nitrogens with two attached hydrogens (primary N) is 1. The Morgan fingerprint density at radius 1 is 1.44 bits per heavy atom. The monoisotopic (exact) mass is 261 g/mol. The Kier molecular flexibility index (Phi) is 4.17. The van der Waals surface area contributed by atoms with E-state index in [0.29, 0.717) is 12.2 Å². The molecule has 0 fully saturated rings. The molecule has 0 atom stereocenters. The van der Waals surface area contributed by atoms with Gasteiger partial charge < -0.3 is 10.5 Å². The zero-order valence-corrected chi connectivity index (χ0v) is 11.0. The van der Waals surface area contributed by atoms with Crippen molar-refractivity contribution in [1.29, 1.82) is 5.41 Å². The molecular weight excluding hydrogens is 246 g/mol. The summed E-state index contributed by atoms with van der Waals surface area (Å²) in [6.07, 6.45) is 0. The first kappa shape index (κ1) is 12.9. The molecule has 0 radical (unpaired) electrons. The molecule has 0 unspecified atom stereocenters. The first-order chi connectivity index (χ1) is 8.72. The third-order valence-electron chi connectivity index (χ3n) is 2.51. The second-order valence-electron chi connectivity index (χ2n) is 3.79. The molecule has 1 aromatic heterocycles. The van der Waals surface area contributed by atoms with E-state index in [1.807, 2.05) is 30.3 Å². The SMILES string of the molecule is COCCSc1nc2ccccc2cc1C(=N)N. The highest BCUT2D eigenvalue weighted by Gasteiger charge is 2.09. The van der Waals surface area contributed by atoms with Crippen LogP contribution in [0, 0.1) is 5.41 Å². The number of aromatic nitrogens is 1. The van der Waals surface area contributed by atoms with Gasteiger partial charge in [-0.15, -0.1) is 11.8 Å². The molecule has 0 saturated heterocycles. The van der Waals surface area contributed by atoms with Gasteiger partial charge in [-0.3, -0.25) is 5.41 Å². The number of para-hydroxylation sites is 1. The van der Waals surface area contributed by atoms with Crippen molar-refractivity contribution in [3.63, 3.8) is 0 Å². The summed E-state index contributed by atoms with van der Waals surface area (Å²) >= 11 is 1.56. The summed E-state index contributed by atoms with van der Waals surface area (Å²) in [6, 6.07) is 9.75. The van der Waals surface area contributed by atoms with Crippen molar-refractivity contribution < 1.29 is 4.74 Å². The molecule has 0 bridgehead atoms. The third-order valence-corrected chi connectivity index (χ3v) is 3.46. The summed E-state index contributed by atoms with van der Waals surface area (Å²) in [5.41, 5.74) is 7.22. The second kappa shape index (κ2) is 5.84. The largest absolute Gasteiger partial charge is 0.384 e. The van der Waals surface area contributed by atoms with Crippen LogP contribution in [0.15, 0.2) is 35.4 Å². The highest BCUT2D eigenvalue weighted by molar-refractivity contribution is 7.99. The maximum absolute atomic E-state index is 7.63. The van der Waals surface area contributed by atoms with Crippen molar-refractivity contribution in [3.05, 3.63) is 35.9 Å². The van der Waals surface area contributed by atoms with Gasteiger partial charge in [0.1, 0.15) is 10.9 Å². The number of nitrogens with one attached hydrogen (secondary N) is 1. The van der Waals surface area contributed by atoms with Crippen LogP contribution in [0.3, 0.4) is 0 Å². The summed E-state index contributed by atoms with van der Waals surface area (Å²) in [4.78, 5) is 4.55. The number of hydrogen-bond donors (Lipinski definition) is 2. The minimum atomic E-state index is 0.0492. The molecule has 0 spiro atoms. The van der Waals surface area contributed by atoms with E-state index in [1.165, 1.54) is 0 Å². The Hall–Kier alpha value is -1.59. The topological polar surface area (TPSA) is 72.0 Å². The molecule has 5 heteroatoms. The van der Waals surface area contributed by atoms with Crippen LogP contribution in [0.4, 0.5) is 0 Å². The molecule has 2 aromatic rings. The zero-order valence-electron chi connectivity index (χ0n) is 10.1. The van der Waals surface area contributed by atoms with Gasteiger partial charge in [-0.2, -0.15) is 0 Å². The van der Waals surface area contributed by atoms with Gasteiger partial charge in [0, 0.05) is 23.8 Å². The van der Waals surface area contributed by atoms with Crippen molar-refractivity contribution >= 4 is 28.5 Å². The van der Waals surface area contributed by atoms with Crippen LogP contribution in [-0.4, -0.2) is 30.3 Å². The number of hydrogen-bond acceptors (Lipinski definition) is 4. The van der Waals surface area contributed by atoms with Gasteiger partial charge in [0.05, 0.1) is 12.1 Å². The molecule has 0 aliphatic rings. The molecule has 18 heavy (non-hydrogen) atoms. The van der Waals surface area contributed by atoms with Crippen LogP contribution in [0.1, 0.15) is 5.56 Å². The van der Waals surface area contributed by atoms with Gasteiger partial charge in [0.2, 0.25) is 0 Å². The smallest absolute Gasteiger partial charge is 0.125 e. The van der Waals surface area contributed by atoms with E-state index in [4.69, 9.17) is 15.9 Å². The summed E-state index contributed by atoms with van der Waals surface area (Å²) in [5, 5.41) is 9.41. The summed E-state index contributed by atoms with van der Waals surface area (Å²) in [5.74, 6) is 0.843. The molecule has 2 rings (SSSR count). The number of nitrogen functional groups attached to an aromatic ring is 1. The number of fused-ring (bicyclic) bond motifs is 1. The number of nitrogens with zero attached hydrogens (tertiary/aromatic N) is 1. The summed E-state index contributed by atoms with van der Waals surface area (Å²) in [7, 11) is 1.67. The third kappa shape index (κ3) is 2.80. The van der Waals surface area contributed by atoms with Crippen molar-refractivity contribution in [2.24, 2.45) is 5.73 Å². The Morgan fingerprint density at radius 2 is 2.22 bits per heavy atom. The van der Waals surface area contributed by atoms with Crippen LogP contribution >= 0.6 is 11.8 Å². The van der Waals surface area contributed by atoms with Crippen LogP contribution < -0.4 is 5.73 Å². The maximum Gasteiger partial charge on any atom is 0.125 e. The van der Waals surface area contributed by atoms with Crippen LogP contribution in [0.5, 0.6) is 0 Å². The highest BCUT2D eigenvalue weighted by Crippen LogP contribution is 2.24. The van der Waals surface area contributed by atoms with E-state index in [0.717, 1.165) is 21.7 Å². The molecule has 4 nitrogen and oxygen atoms in total. The lowest BCUT2D eigenvalue weighted by Gasteiger charge is -2.08. The molecule has 1 aromatic carbocycles. The van der Waals surface area contributed by atoms with Gasteiger partial charge in [-0.05, 0) is 12.1 Å². The fraction of sp³-hybridized carbons (Fsp3) is 0.231. The van der Waals surface area contributed by atoms with E-state index in [2.05, 4.69) is 4.98 Å². The molecule has 0 amide bonds. The maximum atomic E-state index is 7.63. The minimum Gasteiger partial charge on any atom is -0.384 e. The van der Waals surface area contributed by atoms with Crippen LogP contribution in [0.2, 0.25) is 0 Å². The van der Waals surface area contributed by atoms with Crippen molar-refractivity contribution in [3.8, 4) is 0 Å². The van der Waals surface area contributed by atoms with E-state index in [1.54, 1.807) is 18.9 Å². The van der Waals surface area contributed by atoms with Gasteiger partial charge in [-0.1, -0.05) is 18.2 Å². The average molecular weight is 261 g/mol. The van der Waals surface area contributed by atoms with Crippen LogP contribution in [-0.2, 0) is 4.74 Å². The van der Waals surface area contributed by atoms with Crippen molar-refractivity contribution in [2.75, 3.05) is 19.5 Å². The summed E-state index contributed by atoms with van der Waals surface area (Å²) in [6.45, 7) is 0.649. The predicted octanol–water partition coefficient (Wildman–Crippen LogP) is 2.26.